The van der Waals surface area contributed by atoms with Crippen molar-refractivity contribution in [2.75, 3.05) is 0 Å². The Kier molecular flexibility index (Phi) is 5.43. The number of nitrogens with one attached hydrogen (secondary N) is 1. The minimum atomic E-state index is -3.64. The summed E-state index contributed by atoms with van der Waals surface area (Å²) in [6, 6.07) is 25.6. The summed E-state index contributed by atoms with van der Waals surface area (Å²) >= 11 is 0. The summed E-state index contributed by atoms with van der Waals surface area (Å²) in [5.74, 6) is -0.863. The Bertz CT molecular complexity index is 1650. The monoisotopic (exact) mass is 470 g/mol. The van der Waals surface area contributed by atoms with Crippen LogP contribution in [0.2, 0.25) is 0 Å². The van der Waals surface area contributed by atoms with Crippen molar-refractivity contribution in [2.24, 2.45) is 7.05 Å². The number of amides is 1. The second-order valence-corrected chi connectivity index (χ2v) is 10.2. The SMILES string of the molecule is Cn1cc(-c2cccc3ccccc23)c2cc(CS(=O)(=O)c3ccc(C(=O)NO)cc3)ccc21. The van der Waals surface area contributed by atoms with E-state index in [0.29, 0.717) is 5.56 Å². The number of sulfone groups is 1. The molecule has 0 bridgehead atoms. The van der Waals surface area contributed by atoms with Crippen molar-refractivity contribution >= 4 is 37.4 Å². The minimum absolute atomic E-state index is 0.115. The molecule has 170 valence electrons. The van der Waals surface area contributed by atoms with Crippen LogP contribution in [0.3, 0.4) is 0 Å². The van der Waals surface area contributed by atoms with Gasteiger partial charge >= 0.3 is 0 Å². The number of rotatable bonds is 5. The largest absolute Gasteiger partial charge is 0.350 e. The highest BCUT2D eigenvalue weighted by atomic mass is 32.2. The van der Waals surface area contributed by atoms with Gasteiger partial charge in [-0.25, -0.2) is 13.9 Å². The predicted octanol–water partition coefficient (Wildman–Crippen LogP) is 5.09. The van der Waals surface area contributed by atoms with E-state index in [-0.39, 0.29) is 16.2 Å². The van der Waals surface area contributed by atoms with Crippen molar-refractivity contribution in [3.63, 3.8) is 0 Å². The molecule has 1 amide bonds. The first kappa shape index (κ1) is 21.9. The summed E-state index contributed by atoms with van der Waals surface area (Å²) in [7, 11) is -1.65. The summed E-state index contributed by atoms with van der Waals surface area (Å²) in [6.07, 6.45) is 2.08. The molecule has 5 aromatic rings. The first-order chi connectivity index (χ1) is 16.4. The number of hydrogen-bond donors (Lipinski definition) is 2. The van der Waals surface area contributed by atoms with E-state index in [9.17, 15) is 13.2 Å². The molecule has 0 fully saturated rings. The molecule has 4 aromatic carbocycles. The summed E-state index contributed by atoms with van der Waals surface area (Å²) < 4.78 is 28.2. The number of nitrogens with zero attached hydrogens (tertiary/aromatic N) is 1. The lowest BCUT2D eigenvalue weighted by atomic mass is 9.97. The van der Waals surface area contributed by atoms with E-state index < -0.39 is 15.7 Å². The molecule has 0 aliphatic carbocycles. The van der Waals surface area contributed by atoms with E-state index in [1.807, 2.05) is 43.4 Å². The van der Waals surface area contributed by atoms with Gasteiger partial charge in [-0.1, -0.05) is 48.5 Å². The highest BCUT2D eigenvalue weighted by Gasteiger charge is 2.18. The summed E-state index contributed by atoms with van der Waals surface area (Å²) in [5, 5.41) is 12.0. The van der Waals surface area contributed by atoms with Gasteiger partial charge in [-0.05, 0) is 58.3 Å². The molecular formula is C27H22N2O4S. The van der Waals surface area contributed by atoms with E-state index in [1.54, 1.807) is 0 Å². The molecule has 7 heteroatoms. The zero-order chi connectivity index (χ0) is 23.9. The van der Waals surface area contributed by atoms with Crippen molar-refractivity contribution < 1.29 is 18.4 Å². The molecule has 0 aliphatic rings. The Labute approximate surface area is 197 Å². The lowest BCUT2D eigenvalue weighted by Gasteiger charge is -2.08. The Morgan fingerprint density at radius 3 is 2.38 bits per heavy atom. The lowest BCUT2D eigenvalue weighted by Crippen LogP contribution is -2.18. The number of fused-ring (bicyclic) bond motifs is 2. The molecule has 1 heterocycles. The fraction of sp³-hybridized carbons (Fsp3) is 0.0741. The Morgan fingerprint density at radius 2 is 1.62 bits per heavy atom. The number of aromatic nitrogens is 1. The van der Waals surface area contributed by atoms with E-state index in [4.69, 9.17) is 5.21 Å². The van der Waals surface area contributed by atoms with E-state index in [2.05, 4.69) is 35.0 Å². The second-order valence-electron chi connectivity index (χ2n) is 8.26. The van der Waals surface area contributed by atoms with E-state index in [0.717, 1.165) is 32.8 Å². The molecule has 2 N–H and O–H groups in total. The normalized spacial score (nSPS) is 11.7. The molecule has 0 atom stereocenters. The third-order valence-electron chi connectivity index (χ3n) is 6.07. The molecule has 0 saturated heterocycles. The number of hydroxylamine groups is 1. The highest BCUT2D eigenvalue weighted by molar-refractivity contribution is 7.90. The molecule has 0 spiro atoms. The van der Waals surface area contributed by atoms with Crippen molar-refractivity contribution in [1.82, 2.24) is 10.0 Å². The maximum absolute atomic E-state index is 13.1. The standard InChI is InChI=1S/C27H22N2O4S/c1-29-16-25(23-8-4-6-19-5-2-3-7-22(19)23)24-15-18(9-14-26(24)29)17-34(32,33)21-12-10-20(11-13-21)27(30)28-31/h2-16,31H,17H2,1H3,(H,28,30). The number of carbonyl (C=O) groups excluding carboxylic acids is 1. The van der Waals surface area contributed by atoms with Crippen LogP contribution in [0.1, 0.15) is 15.9 Å². The lowest BCUT2D eigenvalue weighted by molar-refractivity contribution is 0.0706. The molecular weight excluding hydrogens is 448 g/mol. The third-order valence-corrected chi connectivity index (χ3v) is 7.77. The van der Waals surface area contributed by atoms with E-state index >= 15 is 0 Å². The van der Waals surface area contributed by atoms with Gasteiger partial charge < -0.3 is 4.57 Å². The van der Waals surface area contributed by atoms with Gasteiger partial charge in [-0.3, -0.25) is 10.0 Å². The van der Waals surface area contributed by atoms with Crippen LogP contribution in [-0.4, -0.2) is 24.1 Å². The molecule has 1 aromatic heterocycles. The van der Waals surface area contributed by atoms with Gasteiger partial charge in [0.2, 0.25) is 0 Å². The maximum atomic E-state index is 13.1. The fourth-order valence-electron chi connectivity index (χ4n) is 4.38. The molecule has 0 radical (unpaired) electrons. The quantitative estimate of drug-likeness (QED) is 0.277. The average molecular weight is 471 g/mol. The van der Waals surface area contributed by atoms with Crippen molar-refractivity contribution in [2.45, 2.75) is 10.6 Å². The zero-order valence-electron chi connectivity index (χ0n) is 18.4. The topological polar surface area (TPSA) is 88.4 Å². The van der Waals surface area contributed by atoms with Crippen LogP contribution in [0.4, 0.5) is 0 Å². The van der Waals surface area contributed by atoms with Gasteiger partial charge in [-0.15, -0.1) is 0 Å². The van der Waals surface area contributed by atoms with Crippen molar-refractivity contribution in [3.8, 4) is 11.1 Å². The molecule has 6 nitrogen and oxygen atoms in total. The van der Waals surface area contributed by atoms with Gasteiger partial charge in [0.15, 0.2) is 9.84 Å². The maximum Gasteiger partial charge on any atom is 0.274 e. The number of aryl methyl sites for hydroxylation is 1. The fourth-order valence-corrected chi connectivity index (χ4v) is 5.72. The van der Waals surface area contributed by atoms with Gasteiger partial charge in [0, 0.05) is 35.3 Å². The predicted molar refractivity (Wildman–Crippen MR) is 132 cm³/mol. The second kappa shape index (κ2) is 8.44. The number of carbonyl (C=O) groups is 1. The number of benzene rings is 4. The van der Waals surface area contributed by atoms with Crippen LogP contribution >= 0.6 is 0 Å². The Balaban J connectivity index is 1.55. The average Bonchev–Trinajstić information content (AvgIpc) is 3.18. The van der Waals surface area contributed by atoms with Crippen LogP contribution in [-0.2, 0) is 22.6 Å². The third kappa shape index (κ3) is 3.85. The molecule has 0 aliphatic heterocycles. The molecule has 0 saturated carbocycles. The molecule has 34 heavy (non-hydrogen) atoms. The summed E-state index contributed by atoms with van der Waals surface area (Å²) in [6.45, 7) is 0. The highest BCUT2D eigenvalue weighted by Crippen LogP contribution is 2.35. The molecule has 5 rings (SSSR count). The summed E-state index contributed by atoms with van der Waals surface area (Å²) in [4.78, 5) is 11.6. The van der Waals surface area contributed by atoms with Gasteiger partial charge in [-0.2, -0.15) is 0 Å². The van der Waals surface area contributed by atoms with Crippen LogP contribution < -0.4 is 5.48 Å². The van der Waals surface area contributed by atoms with E-state index in [1.165, 1.54) is 29.7 Å². The van der Waals surface area contributed by atoms with Crippen molar-refractivity contribution in [3.05, 3.63) is 102 Å². The van der Waals surface area contributed by atoms with Crippen LogP contribution in [0.25, 0.3) is 32.8 Å². The zero-order valence-corrected chi connectivity index (χ0v) is 19.2. The van der Waals surface area contributed by atoms with Crippen molar-refractivity contribution in [1.29, 1.82) is 0 Å². The molecule has 0 unspecified atom stereocenters. The van der Waals surface area contributed by atoms with Gasteiger partial charge in [0.25, 0.3) is 5.91 Å². The smallest absolute Gasteiger partial charge is 0.274 e. The summed E-state index contributed by atoms with van der Waals surface area (Å²) in [5.41, 5.74) is 5.55. The van der Waals surface area contributed by atoms with Crippen LogP contribution in [0.15, 0.2) is 96.0 Å². The first-order valence-electron chi connectivity index (χ1n) is 10.7. The first-order valence-corrected chi connectivity index (χ1v) is 12.4. The Hall–Kier alpha value is -3.94. The number of hydrogen-bond acceptors (Lipinski definition) is 4. The van der Waals surface area contributed by atoms with Gasteiger partial charge in [0.05, 0.1) is 10.6 Å². The van der Waals surface area contributed by atoms with Gasteiger partial charge in [0.1, 0.15) is 0 Å². The Morgan fingerprint density at radius 1 is 0.882 bits per heavy atom. The van der Waals surface area contributed by atoms with Crippen LogP contribution in [0.5, 0.6) is 0 Å². The van der Waals surface area contributed by atoms with Crippen LogP contribution in [0, 0.1) is 0 Å². The minimum Gasteiger partial charge on any atom is -0.350 e.